The third kappa shape index (κ3) is 9.52. The molecule has 6 rings (SSSR count). The van der Waals surface area contributed by atoms with Crippen LogP contribution in [0.4, 0.5) is 22.7 Å². The van der Waals surface area contributed by atoms with Crippen LogP contribution in [0, 0.1) is 10.1 Å². The maximum Gasteiger partial charge on any atom is 0.269 e. The smallest absolute Gasteiger partial charge is 0.269 e. The Hall–Kier alpha value is -2.96. The van der Waals surface area contributed by atoms with Crippen molar-refractivity contribution in [1.29, 1.82) is 0 Å². The summed E-state index contributed by atoms with van der Waals surface area (Å²) in [5.74, 6) is 0. The fourth-order valence-corrected chi connectivity index (χ4v) is 7.08. The number of piperidine rings is 4. The normalized spacial score (nSPS) is 24.1. The van der Waals surface area contributed by atoms with E-state index in [4.69, 9.17) is 10.8 Å². The molecule has 0 bridgehead atoms. The molecule has 0 spiro atoms. The molecule has 5 N–H and O–H groups in total. The summed E-state index contributed by atoms with van der Waals surface area (Å²) in [7, 11) is 1.00. The van der Waals surface area contributed by atoms with Gasteiger partial charge in [-0.05, 0) is 101 Å². The predicted octanol–water partition coefficient (Wildman–Crippen LogP) is 3.32. The maximum absolute atomic E-state index is 10.7. The van der Waals surface area contributed by atoms with Crippen molar-refractivity contribution in [3.05, 3.63) is 58.6 Å². The number of nitrogen functional groups attached to an aromatic ring is 1. The number of nitrogens with two attached hydrogens (primary N) is 1. The molecule has 11 heteroatoms. The maximum atomic E-state index is 10.7. The molecule has 0 radical (unpaired) electrons. The summed E-state index contributed by atoms with van der Waals surface area (Å²) in [6.07, 6.45) is 8.41. The number of likely N-dealkylation sites (tertiary alicyclic amines) is 2. The van der Waals surface area contributed by atoms with E-state index in [0.717, 1.165) is 109 Å². The molecule has 0 saturated carbocycles. The molecule has 4 aliphatic heterocycles. The highest BCUT2D eigenvalue weighted by molar-refractivity contribution is 5.53. The van der Waals surface area contributed by atoms with E-state index in [0.29, 0.717) is 12.1 Å². The van der Waals surface area contributed by atoms with Gasteiger partial charge in [0.05, 0.1) is 17.1 Å². The van der Waals surface area contributed by atoms with E-state index in [-0.39, 0.29) is 22.8 Å². The molecule has 2 aromatic rings. The Labute approximate surface area is 262 Å². The number of hydrogen-bond acceptors (Lipinski definition) is 10. The van der Waals surface area contributed by atoms with Gasteiger partial charge in [-0.15, -0.1) is 0 Å². The van der Waals surface area contributed by atoms with E-state index < -0.39 is 0 Å². The van der Waals surface area contributed by atoms with Crippen molar-refractivity contribution in [3.63, 3.8) is 0 Å². The van der Waals surface area contributed by atoms with Gasteiger partial charge in [0.25, 0.3) is 5.69 Å². The van der Waals surface area contributed by atoms with Gasteiger partial charge >= 0.3 is 0 Å². The van der Waals surface area contributed by atoms with Crippen molar-refractivity contribution in [2.45, 2.75) is 75.7 Å². The highest BCUT2D eigenvalue weighted by atomic mass is 16.6. The van der Waals surface area contributed by atoms with Crippen LogP contribution in [0.25, 0.3) is 0 Å². The van der Waals surface area contributed by atoms with Gasteiger partial charge in [0.2, 0.25) is 0 Å². The van der Waals surface area contributed by atoms with Crippen LogP contribution in [0.2, 0.25) is 0 Å². The number of nitro benzene ring substituents is 1. The predicted molar refractivity (Wildman–Crippen MR) is 176 cm³/mol. The van der Waals surface area contributed by atoms with E-state index in [9.17, 15) is 20.3 Å². The molecule has 244 valence electrons. The first-order chi connectivity index (χ1) is 21.4. The quantitative estimate of drug-likeness (QED) is 0.226. The fraction of sp³-hybridized carbons (Fsp3) is 0.636. The van der Waals surface area contributed by atoms with E-state index in [1.54, 1.807) is 12.1 Å². The molecule has 0 amide bonds. The number of hydrogen-bond donors (Lipinski definition) is 4. The monoisotopic (exact) mass is 612 g/mol. The van der Waals surface area contributed by atoms with Gasteiger partial charge in [-0.25, -0.2) is 0 Å². The summed E-state index contributed by atoms with van der Waals surface area (Å²) in [5.41, 5.74) is 9.04. The van der Waals surface area contributed by atoms with Crippen molar-refractivity contribution in [1.82, 2.24) is 9.80 Å². The molecule has 4 fully saturated rings. The molecule has 2 aromatic carbocycles. The number of aliphatic hydroxyl groups excluding tert-OH is 3. The molecule has 11 nitrogen and oxygen atoms in total. The van der Waals surface area contributed by atoms with Gasteiger partial charge in [0.1, 0.15) is 0 Å². The summed E-state index contributed by atoms with van der Waals surface area (Å²) >= 11 is 0. The van der Waals surface area contributed by atoms with Crippen LogP contribution >= 0.6 is 0 Å². The zero-order valence-electron chi connectivity index (χ0n) is 26.2. The lowest BCUT2D eigenvalue weighted by Gasteiger charge is -2.42. The molecule has 44 heavy (non-hydrogen) atoms. The summed E-state index contributed by atoms with van der Waals surface area (Å²) < 4.78 is 0. The SMILES string of the molecule is CO.Nc1ccc(N2CCC(N3CCCC(O)C3)CC2)cc1.O=[N+]([O-])c1ccc(N2CCC(N3CCCC(O)C3)CC2)cc1. The number of nitro groups is 1. The van der Waals surface area contributed by atoms with Crippen molar-refractivity contribution in [2.75, 3.05) is 75.0 Å². The van der Waals surface area contributed by atoms with E-state index in [1.807, 2.05) is 24.3 Å². The highest BCUT2D eigenvalue weighted by Crippen LogP contribution is 2.27. The molecule has 4 heterocycles. The molecule has 0 aromatic heterocycles. The molecule has 0 aliphatic carbocycles. The van der Waals surface area contributed by atoms with Crippen LogP contribution in [0.1, 0.15) is 51.4 Å². The minimum Gasteiger partial charge on any atom is -0.400 e. The summed E-state index contributed by atoms with van der Waals surface area (Å²) in [6, 6.07) is 16.2. The van der Waals surface area contributed by atoms with Gasteiger partial charge in [-0.2, -0.15) is 0 Å². The Kier molecular flexibility index (Phi) is 13.1. The van der Waals surface area contributed by atoms with Crippen LogP contribution in [0.5, 0.6) is 0 Å². The van der Waals surface area contributed by atoms with Gasteiger partial charge in [0, 0.05) is 87.7 Å². The van der Waals surface area contributed by atoms with E-state index >= 15 is 0 Å². The van der Waals surface area contributed by atoms with Crippen LogP contribution in [0.15, 0.2) is 48.5 Å². The van der Waals surface area contributed by atoms with E-state index in [2.05, 4.69) is 31.7 Å². The Morgan fingerprint density at radius 2 is 1.05 bits per heavy atom. The lowest BCUT2D eigenvalue weighted by atomic mass is 9.98. The van der Waals surface area contributed by atoms with Crippen molar-refractivity contribution in [2.24, 2.45) is 0 Å². The Balaban J connectivity index is 0.000000191. The molecular weight excluding hydrogens is 560 g/mol. The standard InChI is InChI=1S/C16H23N3O3.C16H25N3O.CH4O/c20-16-2-1-9-18(12-16)14-7-10-17(11-8-14)13-3-5-15(6-4-13)19(21)22;17-13-3-5-14(6-4-13)18-10-7-15(8-11-18)19-9-1-2-16(20)12-19;1-2/h3-6,14,16,20H,1-2,7-12H2;3-6,15-16,20H,1-2,7-12,17H2;2H,1H3. The van der Waals surface area contributed by atoms with Crippen molar-refractivity contribution in [3.8, 4) is 0 Å². The minimum absolute atomic E-state index is 0.112. The van der Waals surface area contributed by atoms with Gasteiger partial charge < -0.3 is 30.9 Å². The first-order valence-electron chi connectivity index (χ1n) is 16.2. The average Bonchev–Trinajstić information content (AvgIpc) is 3.07. The number of aliphatic hydroxyl groups is 3. The molecule has 4 aliphatic rings. The Bertz CT molecular complexity index is 1120. The van der Waals surface area contributed by atoms with Crippen LogP contribution in [0.3, 0.4) is 0 Å². The van der Waals surface area contributed by atoms with Gasteiger partial charge in [-0.1, -0.05) is 0 Å². The first kappa shape index (κ1) is 33.9. The zero-order valence-corrected chi connectivity index (χ0v) is 26.2. The third-order valence-corrected chi connectivity index (χ3v) is 9.50. The van der Waals surface area contributed by atoms with Gasteiger partial charge in [0.15, 0.2) is 0 Å². The second kappa shape index (κ2) is 16.9. The number of nitrogens with zero attached hydrogens (tertiary/aromatic N) is 5. The molecule has 2 atom stereocenters. The van der Waals surface area contributed by atoms with E-state index in [1.165, 1.54) is 18.5 Å². The first-order valence-corrected chi connectivity index (χ1v) is 16.2. The average molecular weight is 613 g/mol. The summed E-state index contributed by atoms with van der Waals surface area (Å²) in [5, 5.41) is 37.3. The number of benzene rings is 2. The highest BCUT2D eigenvalue weighted by Gasteiger charge is 2.29. The Morgan fingerprint density at radius 1 is 0.659 bits per heavy atom. The number of β-amino-alcohol motifs (C(OH)–C–C–N with tert-alkyl or cyclic N) is 2. The number of non-ortho nitro benzene ring substituents is 1. The third-order valence-electron chi connectivity index (χ3n) is 9.50. The van der Waals surface area contributed by atoms with Crippen molar-refractivity contribution >= 4 is 22.7 Å². The van der Waals surface area contributed by atoms with Crippen LogP contribution in [-0.4, -0.2) is 114 Å². The number of rotatable bonds is 5. The second-order valence-corrected chi connectivity index (χ2v) is 12.4. The lowest BCUT2D eigenvalue weighted by molar-refractivity contribution is -0.384. The summed E-state index contributed by atoms with van der Waals surface area (Å²) in [6.45, 7) is 8.06. The second-order valence-electron chi connectivity index (χ2n) is 12.4. The number of anilines is 3. The lowest BCUT2D eigenvalue weighted by Crippen LogP contribution is -2.49. The molecule has 2 unspecified atom stereocenters. The van der Waals surface area contributed by atoms with Crippen molar-refractivity contribution < 1.29 is 20.2 Å². The van der Waals surface area contributed by atoms with Crippen LogP contribution < -0.4 is 15.5 Å². The Morgan fingerprint density at radius 3 is 1.41 bits per heavy atom. The molecular formula is C33H52N6O5. The molecule has 4 saturated heterocycles. The fourth-order valence-electron chi connectivity index (χ4n) is 7.08. The topological polar surface area (TPSA) is 143 Å². The van der Waals surface area contributed by atoms with Crippen LogP contribution in [-0.2, 0) is 0 Å². The van der Waals surface area contributed by atoms with Gasteiger partial charge in [-0.3, -0.25) is 19.9 Å². The summed E-state index contributed by atoms with van der Waals surface area (Å²) in [4.78, 5) is 20.0. The zero-order chi connectivity index (χ0) is 31.5. The largest absolute Gasteiger partial charge is 0.400 e. The minimum atomic E-state index is -0.363.